The molecule has 4 nitrogen and oxygen atoms in total. The van der Waals surface area contributed by atoms with E-state index >= 15 is 0 Å². The lowest BCUT2D eigenvalue weighted by Gasteiger charge is -2.05. The summed E-state index contributed by atoms with van der Waals surface area (Å²) >= 11 is 0. The number of nitrogens with zero attached hydrogens (tertiary/aromatic N) is 2. The van der Waals surface area contributed by atoms with Gasteiger partial charge in [-0.2, -0.15) is 0 Å². The minimum Gasteiger partial charge on any atom is -0.484 e. The van der Waals surface area contributed by atoms with E-state index < -0.39 is 0 Å². The van der Waals surface area contributed by atoms with Crippen LogP contribution >= 0.6 is 0 Å². The zero-order chi connectivity index (χ0) is 14.7. The molecule has 1 aromatic heterocycles. The molecule has 0 N–H and O–H groups in total. The first-order valence-electron chi connectivity index (χ1n) is 6.80. The van der Waals surface area contributed by atoms with E-state index in [9.17, 15) is 0 Å². The Bertz CT molecular complexity index is 750. The van der Waals surface area contributed by atoms with Crippen LogP contribution in [0.1, 0.15) is 17.0 Å². The van der Waals surface area contributed by atoms with Gasteiger partial charge in [-0.3, -0.25) is 0 Å². The molecule has 21 heavy (non-hydrogen) atoms. The first kappa shape index (κ1) is 13.4. The second-order valence-electron chi connectivity index (χ2n) is 4.92. The maximum absolute atomic E-state index is 5.70. The van der Waals surface area contributed by atoms with E-state index in [0.29, 0.717) is 11.8 Å². The third-order valence-corrected chi connectivity index (χ3v) is 3.18. The van der Waals surface area contributed by atoms with Crippen LogP contribution in [-0.4, -0.2) is 10.2 Å². The van der Waals surface area contributed by atoms with Gasteiger partial charge < -0.3 is 9.15 Å². The molecule has 106 valence electrons. The van der Waals surface area contributed by atoms with Crippen LogP contribution in [0.3, 0.4) is 0 Å². The van der Waals surface area contributed by atoms with Gasteiger partial charge in [-0.05, 0) is 37.6 Å². The molecule has 0 bridgehead atoms. The Morgan fingerprint density at radius 1 is 1.00 bits per heavy atom. The van der Waals surface area contributed by atoms with Crippen molar-refractivity contribution in [2.75, 3.05) is 0 Å². The zero-order valence-corrected chi connectivity index (χ0v) is 12.0. The Kier molecular flexibility index (Phi) is 3.69. The van der Waals surface area contributed by atoms with Gasteiger partial charge in [0.1, 0.15) is 5.75 Å². The number of benzene rings is 2. The van der Waals surface area contributed by atoms with E-state index in [1.54, 1.807) is 0 Å². The second-order valence-corrected chi connectivity index (χ2v) is 4.92. The minimum atomic E-state index is 0.268. The summed E-state index contributed by atoms with van der Waals surface area (Å²) in [5.74, 6) is 1.81. The van der Waals surface area contributed by atoms with Crippen LogP contribution in [0.15, 0.2) is 52.9 Å². The van der Waals surface area contributed by atoms with Crippen LogP contribution in [0.2, 0.25) is 0 Å². The van der Waals surface area contributed by atoms with Gasteiger partial charge in [0.25, 0.3) is 5.89 Å². The van der Waals surface area contributed by atoms with Crippen molar-refractivity contribution in [3.8, 4) is 17.2 Å². The molecule has 0 aliphatic carbocycles. The van der Waals surface area contributed by atoms with Crippen LogP contribution in [0.5, 0.6) is 5.75 Å². The number of rotatable bonds is 4. The lowest BCUT2D eigenvalue weighted by Crippen LogP contribution is -1.97. The number of para-hydroxylation sites is 1. The van der Waals surface area contributed by atoms with Crippen molar-refractivity contribution in [3.05, 3.63) is 65.5 Å². The van der Waals surface area contributed by atoms with E-state index in [0.717, 1.165) is 22.4 Å². The molecule has 0 aliphatic heterocycles. The van der Waals surface area contributed by atoms with E-state index in [4.69, 9.17) is 9.15 Å². The van der Waals surface area contributed by atoms with Gasteiger partial charge in [0, 0.05) is 5.56 Å². The second kappa shape index (κ2) is 5.79. The Balaban J connectivity index is 1.72. The van der Waals surface area contributed by atoms with E-state index in [1.165, 1.54) is 0 Å². The normalized spacial score (nSPS) is 10.6. The highest BCUT2D eigenvalue weighted by atomic mass is 16.5. The third-order valence-electron chi connectivity index (χ3n) is 3.18. The van der Waals surface area contributed by atoms with Gasteiger partial charge in [-0.1, -0.05) is 35.9 Å². The number of hydrogen-bond acceptors (Lipinski definition) is 4. The lowest BCUT2D eigenvalue weighted by atomic mass is 10.1. The molecule has 1 heterocycles. The molecule has 0 amide bonds. The summed E-state index contributed by atoms with van der Waals surface area (Å²) < 4.78 is 11.3. The van der Waals surface area contributed by atoms with Gasteiger partial charge in [-0.15, -0.1) is 10.2 Å². The van der Waals surface area contributed by atoms with Crippen LogP contribution in [0, 0.1) is 13.8 Å². The Morgan fingerprint density at radius 3 is 2.67 bits per heavy atom. The SMILES string of the molecule is Cc1cccc(-c2nnc(COc3ccccc3C)o2)c1. The predicted molar refractivity (Wildman–Crippen MR) is 80.0 cm³/mol. The minimum absolute atomic E-state index is 0.268. The Hall–Kier alpha value is -2.62. The van der Waals surface area contributed by atoms with Crippen molar-refractivity contribution in [3.63, 3.8) is 0 Å². The summed E-state index contributed by atoms with van der Waals surface area (Å²) in [6.45, 7) is 4.30. The maximum atomic E-state index is 5.70. The van der Waals surface area contributed by atoms with E-state index in [2.05, 4.69) is 10.2 Å². The summed E-state index contributed by atoms with van der Waals surface area (Å²) in [4.78, 5) is 0. The number of hydrogen-bond donors (Lipinski definition) is 0. The fourth-order valence-electron chi connectivity index (χ4n) is 2.06. The molecule has 0 saturated carbocycles. The van der Waals surface area contributed by atoms with Gasteiger partial charge in [0.05, 0.1) is 0 Å². The van der Waals surface area contributed by atoms with Crippen molar-refractivity contribution in [1.29, 1.82) is 0 Å². The smallest absolute Gasteiger partial charge is 0.254 e. The topological polar surface area (TPSA) is 48.2 Å². The summed E-state index contributed by atoms with van der Waals surface area (Å²) in [7, 11) is 0. The molecule has 4 heteroatoms. The van der Waals surface area contributed by atoms with Gasteiger partial charge >= 0.3 is 0 Å². The molecule has 3 aromatic rings. The molecule has 0 radical (unpaired) electrons. The predicted octanol–water partition coefficient (Wildman–Crippen LogP) is 3.93. The molecule has 0 saturated heterocycles. The summed E-state index contributed by atoms with van der Waals surface area (Å²) in [6, 6.07) is 15.8. The highest BCUT2D eigenvalue weighted by Crippen LogP contribution is 2.21. The largest absolute Gasteiger partial charge is 0.484 e. The first-order chi connectivity index (χ1) is 10.2. The van der Waals surface area contributed by atoms with Crippen molar-refractivity contribution >= 4 is 0 Å². The summed E-state index contributed by atoms with van der Waals surface area (Å²) in [5.41, 5.74) is 3.16. The zero-order valence-electron chi connectivity index (χ0n) is 12.0. The number of ether oxygens (including phenoxy) is 1. The van der Waals surface area contributed by atoms with Gasteiger partial charge in [0.15, 0.2) is 6.61 Å². The third kappa shape index (κ3) is 3.11. The first-order valence-corrected chi connectivity index (χ1v) is 6.80. The van der Waals surface area contributed by atoms with Crippen LogP contribution in [0.4, 0.5) is 0 Å². The van der Waals surface area contributed by atoms with E-state index in [-0.39, 0.29) is 6.61 Å². The summed E-state index contributed by atoms with van der Waals surface area (Å²) in [6.07, 6.45) is 0. The van der Waals surface area contributed by atoms with Crippen molar-refractivity contribution < 1.29 is 9.15 Å². The maximum Gasteiger partial charge on any atom is 0.254 e. The van der Waals surface area contributed by atoms with Gasteiger partial charge in [0.2, 0.25) is 5.89 Å². The van der Waals surface area contributed by atoms with Crippen molar-refractivity contribution in [2.45, 2.75) is 20.5 Å². The molecule has 0 atom stereocenters. The molecule has 0 unspecified atom stereocenters. The highest BCUT2D eigenvalue weighted by molar-refractivity contribution is 5.53. The average Bonchev–Trinajstić information content (AvgIpc) is 2.95. The average molecular weight is 280 g/mol. The van der Waals surface area contributed by atoms with E-state index in [1.807, 2.05) is 62.4 Å². The van der Waals surface area contributed by atoms with Crippen LogP contribution < -0.4 is 4.74 Å². The fraction of sp³-hybridized carbons (Fsp3) is 0.176. The monoisotopic (exact) mass is 280 g/mol. The summed E-state index contributed by atoms with van der Waals surface area (Å²) in [5, 5.41) is 8.09. The molecule has 2 aromatic carbocycles. The molecular weight excluding hydrogens is 264 g/mol. The van der Waals surface area contributed by atoms with Crippen molar-refractivity contribution in [2.24, 2.45) is 0 Å². The molecule has 0 spiro atoms. The Labute approximate surface area is 123 Å². The number of aryl methyl sites for hydroxylation is 2. The van der Waals surface area contributed by atoms with Gasteiger partial charge in [-0.25, -0.2) is 0 Å². The standard InChI is InChI=1S/C17H16N2O2/c1-12-6-5-8-14(10-12)17-19-18-16(21-17)11-20-15-9-4-3-7-13(15)2/h3-10H,11H2,1-2H3. The molecule has 0 aliphatic rings. The quantitative estimate of drug-likeness (QED) is 0.726. The number of aromatic nitrogens is 2. The fourth-order valence-corrected chi connectivity index (χ4v) is 2.06. The van der Waals surface area contributed by atoms with Crippen LogP contribution in [-0.2, 0) is 6.61 Å². The molecular formula is C17H16N2O2. The highest BCUT2D eigenvalue weighted by Gasteiger charge is 2.09. The molecule has 0 fully saturated rings. The molecule has 3 rings (SSSR count). The van der Waals surface area contributed by atoms with Crippen molar-refractivity contribution in [1.82, 2.24) is 10.2 Å². The lowest BCUT2D eigenvalue weighted by molar-refractivity contribution is 0.263. The van der Waals surface area contributed by atoms with Crippen LogP contribution in [0.25, 0.3) is 11.5 Å². The Morgan fingerprint density at radius 2 is 1.86 bits per heavy atom.